The van der Waals surface area contributed by atoms with Crippen LogP contribution in [0.4, 0.5) is 4.79 Å². The van der Waals surface area contributed by atoms with Gasteiger partial charge in [-0.2, -0.15) is 0 Å². The van der Waals surface area contributed by atoms with Gasteiger partial charge in [-0.15, -0.1) is 0 Å². The topological polar surface area (TPSA) is 92.4 Å². The highest BCUT2D eigenvalue weighted by Crippen LogP contribution is 2.07. The van der Waals surface area contributed by atoms with Gasteiger partial charge in [0.2, 0.25) is 5.91 Å². The Hall–Kier alpha value is -2.04. The first-order valence-electron chi connectivity index (χ1n) is 5.39. The molecular formula is C12H16N2O3. The maximum Gasteiger partial charge on any atom is 0.404 e. The lowest BCUT2D eigenvalue weighted by Crippen LogP contribution is -2.36. The molecule has 4 N–H and O–H groups in total. The normalized spacial score (nSPS) is 11.8. The Morgan fingerprint density at radius 1 is 1.29 bits per heavy atom. The minimum atomic E-state index is -1.09. The Morgan fingerprint density at radius 2 is 1.94 bits per heavy atom. The third kappa shape index (κ3) is 5.55. The van der Waals surface area contributed by atoms with Gasteiger partial charge in [0.25, 0.3) is 0 Å². The van der Waals surface area contributed by atoms with E-state index < -0.39 is 12.0 Å². The minimum absolute atomic E-state index is 0.178. The number of benzene rings is 1. The highest BCUT2D eigenvalue weighted by atomic mass is 16.4. The van der Waals surface area contributed by atoms with Crippen molar-refractivity contribution in [3.05, 3.63) is 35.9 Å². The Labute approximate surface area is 99.6 Å². The third-order valence-electron chi connectivity index (χ3n) is 2.39. The summed E-state index contributed by atoms with van der Waals surface area (Å²) >= 11 is 0. The van der Waals surface area contributed by atoms with E-state index in [2.05, 4.69) is 5.32 Å². The average molecular weight is 236 g/mol. The number of carbonyl (C=O) groups excluding carboxylic acids is 1. The lowest BCUT2D eigenvalue weighted by atomic mass is 10.0. The van der Waals surface area contributed by atoms with Crippen LogP contribution in [0.1, 0.15) is 18.4 Å². The molecule has 1 aromatic carbocycles. The molecule has 0 saturated heterocycles. The van der Waals surface area contributed by atoms with Crippen LogP contribution in [-0.4, -0.2) is 23.1 Å². The Kier molecular flexibility index (Phi) is 5.00. The van der Waals surface area contributed by atoms with Crippen molar-refractivity contribution in [2.45, 2.75) is 25.3 Å². The first-order valence-corrected chi connectivity index (χ1v) is 5.39. The maximum atomic E-state index is 10.7. The molecule has 2 amide bonds. The smallest absolute Gasteiger partial charge is 0.404 e. The Morgan fingerprint density at radius 3 is 2.47 bits per heavy atom. The van der Waals surface area contributed by atoms with Gasteiger partial charge in [-0.25, -0.2) is 4.79 Å². The van der Waals surface area contributed by atoms with E-state index in [1.165, 1.54) is 0 Å². The molecule has 0 radical (unpaired) electrons. The SMILES string of the molecule is NC(=O)CC[C@@H](Cc1ccccc1)NC(=O)O. The molecule has 92 valence electrons. The van der Waals surface area contributed by atoms with Gasteiger partial charge in [-0.3, -0.25) is 4.79 Å². The zero-order chi connectivity index (χ0) is 12.7. The fourth-order valence-corrected chi connectivity index (χ4v) is 1.61. The largest absolute Gasteiger partial charge is 0.465 e. The van der Waals surface area contributed by atoms with E-state index in [1.807, 2.05) is 30.3 Å². The number of primary amides is 1. The molecule has 0 aliphatic rings. The predicted octanol–water partition coefficient (Wildman–Crippen LogP) is 1.13. The summed E-state index contributed by atoms with van der Waals surface area (Å²) in [6, 6.07) is 9.22. The van der Waals surface area contributed by atoms with Crippen molar-refractivity contribution < 1.29 is 14.7 Å². The number of carbonyl (C=O) groups is 2. The van der Waals surface area contributed by atoms with Gasteiger partial charge in [-0.05, 0) is 18.4 Å². The summed E-state index contributed by atoms with van der Waals surface area (Å²) in [5, 5.41) is 11.1. The lowest BCUT2D eigenvalue weighted by molar-refractivity contribution is -0.118. The first-order chi connectivity index (χ1) is 8.08. The van der Waals surface area contributed by atoms with Crippen molar-refractivity contribution >= 4 is 12.0 Å². The van der Waals surface area contributed by atoms with E-state index in [1.54, 1.807) is 0 Å². The quantitative estimate of drug-likeness (QED) is 0.691. The number of amides is 2. The molecule has 5 nitrogen and oxygen atoms in total. The fraction of sp³-hybridized carbons (Fsp3) is 0.333. The summed E-state index contributed by atoms with van der Waals surface area (Å²) in [5.74, 6) is -0.421. The predicted molar refractivity (Wildman–Crippen MR) is 63.5 cm³/mol. The fourth-order valence-electron chi connectivity index (χ4n) is 1.61. The second-order valence-electron chi connectivity index (χ2n) is 3.84. The zero-order valence-electron chi connectivity index (χ0n) is 9.43. The highest BCUT2D eigenvalue weighted by molar-refractivity contribution is 5.73. The van der Waals surface area contributed by atoms with E-state index in [9.17, 15) is 9.59 Å². The van der Waals surface area contributed by atoms with Crippen LogP contribution < -0.4 is 11.1 Å². The molecule has 0 heterocycles. The molecule has 0 aromatic heterocycles. The number of rotatable bonds is 6. The second kappa shape index (κ2) is 6.52. The number of carboxylic acid groups (broad SMARTS) is 1. The van der Waals surface area contributed by atoms with Gasteiger partial charge in [-0.1, -0.05) is 30.3 Å². The van der Waals surface area contributed by atoms with Crippen molar-refractivity contribution in [2.75, 3.05) is 0 Å². The molecule has 0 aliphatic carbocycles. The molecule has 0 fully saturated rings. The van der Waals surface area contributed by atoms with E-state index in [0.717, 1.165) is 5.56 Å². The number of hydrogen-bond donors (Lipinski definition) is 3. The molecule has 0 aliphatic heterocycles. The first kappa shape index (κ1) is 13.0. The number of nitrogens with one attached hydrogen (secondary N) is 1. The van der Waals surface area contributed by atoms with Crippen LogP contribution in [0.5, 0.6) is 0 Å². The number of hydrogen-bond acceptors (Lipinski definition) is 2. The average Bonchev–Trinajstić information content (AvgIpc) is 2.26. The molecule has 17 heavy (non-hydrogen) atoms. The molecule has 1 aromatic rings. The van der Waals surface area contributed by atoms with Crippen molar-refractivity contribution in [1.82, 2.24) is 5.32 Å². The summed E-state index contributed by atoms with van der Waals surface area (Å²) < 4.78 is 0. The molecule has 1 rings (SSSR count). The van der Waals surface area contributed by atoms with Crippen molar-refractivity contribution in [3.63, 3.8) is 0 Å². The van der Waals surface area contributed by atoms with Crippen LogP contribution in [0.2, 0.25) is 0 Å². The van der Waals surface area contributed by atoms with E-state index >= 15 is 0 Å². The van der Waals surface area contributed by atoms with Crippen LogP contribution in [-0.2, 0) is 11.2 Å². The summed E-state index contributed by atoms with van der Waals surface area (Å²) in [6.07, 6.45) is 0.0600. The summed E-state index contributed by atoms with van der Waals surface area (Å²) in [5.41, 5.74) is 6.07. The molecule has 1 atom stereocenters. The molecule has 0 unspecified atom stereocenters. The molecule has 0 saturated carbocycles. The standard InChI is InChI=1S/C12H16N2O3/c13-11(15)7-6-10(14-12(16)17)8-9-4-2-1-3-5-9/h1-5,10,14H,6-8H2,(H2,13,15)(H,16,17)/t10-/m0/s1. The van der Waals surface area contributed by atoms with E-state index in [-0.39, 0.29) is 12.5 Å². The van der Waals surface area contributed by atoms with Crippen molar-refractivity contribution in [1.29, 1.82) is 0 Å². The van der Waals surface area contributed by atoms with Crippen molar-refractivity contribution in [3.8, 4) is 0 Å². The van der Waals surface area contributed by atoms with Crippen LogP contribution in [0, 0.1) is 0 Å². The monoisotopic (exact) mass is 236 g/mol. The van der Waals surface area contributed by atoms with Crippen LogP contribution >= 0.6 is 0 Å². The maximum absolute atomic E-state index is 10.7. The van der Waals surface area contributed by atoms with Gasteiger partial charge in [0.15, 0.2) is 0 Å². The summed E-state index contributed by atoms with van der Waals surface area (Å²) in [7, 11) is 0. The third-order valence-corrected chi connectivity index (χ3v) is 2.39. The van der Waals surface area contributed by atoms with Gasteiger partial charge < -0.3 is 16.2 Å². The second-order valence-corrected chi connectivity index (χ2v) is 3.84. The van der Waals surface area contributed by atoms with E-state index in [4.69, 9.17) is 10.8 Å². The van der Waals surface area contributed by atoms with Gasteiger partial charge >= 0.3 is 6.09 Å². The van der Waals surface area contributed by atoms with Crippen molar-refractivity contribution in [2.24, 2.45) is 5.73 Å². The van der Waals surface area contributed by atoms with Gasteiger partial charge in [0.05, 0.1) is 0 Å². The minimum Gasteiger partial charge on any atom is -0.465 e. The molecule has 0 spiro atoms. The van der Waals surface area contributed by atoms with Crippen LogP contribution in [0.15, 0.2) is 30.3 Å². The van der Waals surface area contributed by atoms with Gasteiger partial charge in [0.1, 0.15) is 0 Å². The van der Waals surface area contributed by atoms with E-state index in [0.29, 0.717) is 12.8 Å². The Balaban J connectivity index is 2.56. The van der Waals surface area contributed by atoms with Gasteiger partial charge in [0, 0.05) is 12.5 Å². The summed E-state index contributed by atoms with van der Waals surface area (Å²) in [6.45, 7) is 0. The zero-order valence-corrected chi connectivity index (χ0v) is 9.43. The molecular weight excluding hydrogens is 220 g/mol. The Bertz CT molecular complexity index is 379. The van der Waals surface area contributed by atoms with Crippen LogP contribution in [0.25, 0.3) is 0 Å². The summed E-state index contributed by atoms with van der Waals surface area (Å²) in [4.78, 5) is 21.3. The highest BCUT2D eigenvalue weighted by Gasteiger charge is 2.13. The molecule has 0 bridgehead atoms. The number of nitrogens with two attached hydrogens (primary N) is 1. The molecule has 5 heteroatoms. The lowest BCUT2D eigenvalue weighted by Gasteiger charge is -2.16. The van der Waals surface area contributed by atoms with Crippen LogP contribution in [0.3, 0.4) is 0 Å².